The van der Waals surface area contributed by atoms with Crippen LogP contribution in [0.2, 0.25) is 0 Å². The maximum atomic E-state index is 10.5. The number of hydrogen-bond acceptors (Lipinski definition) is 4. The van der Waals surface area contributed by atoms with Gasteiger partial charge in [0, 0.05) is 0 Å². The Balaban J connectivity index is 3.93. The van der Waals surface area contributed by atoms with E-state index in [4.69, 9.17) is 5.84 Å². The predicted molar refractivity (Wildman–Crippen MR) is 46.3 cm³/mol. The van der Waals surface area contributed by atoms with Crippen LogP contribution in [0.3, 0.4) is 0 Å². The highest BCUT2D eigenvalue weighted by Crippen LogP contribution is 2.09. The quantitative estimate of drug-likeness (QED) is 0.189. The van der Waals surface area contributed by atoms with Gasteiger partial charge in [-0.2, -0.15) is 0 Å². The zero-order valence-corrected chi connectivity index (χ0v) is 7.38. The summed E-state index contributed by atoms with van der Waals surface area (Å²) in [6.45, 7) is 2.05. The maximum absolute atomic E-state index is 10.5. The van der Waals surface area contributed by atoms with Crippen LogP contribution in [-0.2, 0) is 9.59 Å². The average molecular weight is 172 g/mol. The normalized spacial score (nSPS) is 11.2. The largest absolute Gasteiger partial charge is 0.301 e. The third-order valence-electron chi connectivity index (χ3n) is 1.88. The minimum atomic E-state index is -1.16. The molecule has 0 aliphatic carbocycles. The summed E-state index contributed by atoms with van der Waals surface area (Å²) in [6.07, 6.45) is 4.50. The van der Waals surface area contributed by atoms with Gasteiger partial charge in [-0.25, -0.2) is 5.43 Å². The van der Waals surface area contributed by atoms with Gasteiger partial charge in [0.15, 0.2) is 0 Å². The van der Waals surface area contributed by atoms with Crippen molar-refractivity contribution in [2.45, 2.75) is 38.1 Å². The van der Waals surface area contributed by atoms with E-state index in [0.717, 1.165) is 19.3 Å². The standard InChI is InChI=1S/C8H16N2O2/c1-2-3-4-5-8(6-11,7-12)10-9/h6-7,10H,2-5,9H2,1H3. The van der Waals surface area contributed by atoms with Crippen LogP contribution in [-0.4, -0.2) is 18.1 Å². The van der Waals surface area contributed by atoms with E-state index in [1.54, 1.807) is 0 Å². The van der Waals surface area contributed by atoms with E-state index in [1.807, 2.05) is 0 Å². The van der Waals surface area contributed by atoms with Gasteiger partial charge >= 0.3 is 0 Å². The van der Waals surface area contributed by atoms with Gasteiger partial charge in [-0.05, 0) is 6.42 Å². The second-order valence-corrected chi connectivity index (χ2v) is 2.88. The molecule has 0 aromatic heterocycles. The van der Waals surface area contributed by atoms with E-state index in [0.29, 0.717) is 19.0 Å². The molecule has 0 amide bonds. The average Bonchev–Trinajstić information content (AvgIpc) is 2.14. The van der Waals surface area contributed by atoms with E-state index >= 15 is 0 Å². The van der Waals surface area contributed by atoms with Crippen molar-refractivity contribution in [2.75, 3.05) is 0 Å². The molecule has 0 fully saturated rings. The minimum Gasteiger partial charge on any atom is -0.301 e. The minimum absolute atomic E-state index is 0.477. The summed E-state index contributed by atoms with van der Waals surface area (Å²) in [4.78, 5) is 21.0. The maximum Gasteiger partial charge on any atom is 0.148 e. The number of aldehydes is 2. The fourth-order valence-electron chi connectivity index (χ4n) is 0.953. The summed E-state index contributed by atoms with van der Waals surface area (Å²) >= 11 is 0. The van der Waals surface area contributed by atoms with E-state index in [-0.39, 0.29) is 0 Å². The Morgan fingerprint density at radius 1 is 1.33 bits per heavy atom. The zero-order chi connectivity index (χ0) is 9.45. The first-order chi connectivity index (χ1) is 5.74. The number of carbonyl (C=O) groups excluding carboxylic acids is 2. The van der Waals surface area contributed by atoms with Gasteiger partial charge in [0.2, 0.25) is 0 Å². The molecule has 0 aliphatic rings. The molecule has 0 atom stereocenters. The van der Waals surface area contributed by atoms with Crippen LogP contribution < -0.4 is 11.3 Å². The van der Waals surface area contributed by atoms with Gasteiger partial charge < -0.3 is 9.59 Å². The van der Waals surface area contributed by atoms with Gasteiger partial charge in [0.25, 0.3) is 0 Å². The lowest BCUT2D eigenvalue weighted by Crippen LogP contribution is -2.52. The molecule has 0 rings (SSSR count). The Bertz CT molecular complexity index is 140. The van der Waals surface area contributed by atoms with Crippen LogP contribution in [0.5, 0.6) is 0 Å². The summed E-state index contributed by atoms with van der Waals surface area (Å²) in [5, 5.41) is 0. The molecule has 0 unspecified atom stereocenters. The molecule has 0 aromatic rings. The molecular formula is C8H16N2O2. The van der Waals surface area contributed by atoms with Crippen LogP contribution in [0.1, 0.15) is 32.6 Å². The highest BCUT2D eigenvalue weighted by Gasteiger charge is 2.26. The number of hydrazine groups is 1. The first kappa shape index (κ1) is 11.3. The molecule has 0 bridgehead atoms. The molecule has 0 aromatic carbocycles. The second-order valence-electron chi connectivity index (χ2n) is 2.88. The summed E-state index contributed by atoms with van der Waals surface area (Å²) < 4.78 is 0. The molecule has 0 aliphatic heterocycles. The number of unbranched alkanes of at least 4 members (excludes halogenated alkanes) is 2. The summed E-state index contributed by atoms with van der Waals surface area (Å²) in [5.74, 6) is 5.10. The smallest absolute Gasteiger partial charge is 0.148 e. The molecular weight excluding hydrogens is 156 g/mol. The Kier molecular flexibility index (Phi) is 5.49. The number of nitrogens with one attached hydrogen (secondary N) is 1. The summed E-state index contributed by atoms with van der Waals surface area (Å²) in [6, 6.07) is 0. The second kappa shape index (κ2) is 5.85. The Morgan fingerprint density at radius 3 is 2.25 bits per heavy atom. The van der Waals surface area contributed by atoms with Crippen molar-refractivity contribution in [1.82, 2.24) is 5.43 Å². The molecule has 0 saturated carbocycles. The lowest BCUT2D eigenvalue weighted by atomic mass is 9.96. The van der Waals surface area contributed by atoms with E-state index in [2.05, 4.69) is 12.3 Å². The van der Waals surface area contributed by atoms with Crippen molar-refractivity contribution in [1.29, 1.82) is 0 Å². The van der Waals surface area contributed by atoms with E-state index in [9.17, 15) is 9.59 Å². The van der Waals surface area contributed by atoms with Gasteiger partial charge in [-0.1, -0.05) is 26.2 Å². The number of nitrogens with two attached hydrogens (primary N) is 1. The van der Waals surface area contributed by atoms with Crippen LogP contribution in [0.15, 0.2) is 0 Å². The fraction of sp³-hybridized carbons (Fsp3) is 0.750. The lowest BCUT2D eigenvalue weighted by Gasteiger charge is -2.19. The Hall–Kier alpha value is -0.740. The van der Waals surface area contributed by atoms with Crippen molar-refractivity contribution in [3.63, 3.8) is 0 Å². The molecule has 0 saturated heterocycles. The third kappa shape index (κ3) is 3.11. The predicted octanol–water partition coefficient (Wildman–Crippen LogP) is 0.167. The molecule has 0 radical (unpaired) electrons. The Morgan fingerprint density at radius 2 is 1.92 bits per heavy atom. The third-order valence-corrected chi connectivity index (χ3v) is 1.88. The van der Waals surface area contributed by atoms with Crippen LogP contribution in [0.4, 0.5) is 0 Å². The lowest BCUT2D eigenvalue weighted by molar-refractivity contribution is -0.122. The monoisotopic (exact) mass is 172 g/mol. The number of carbonyl (C=O) groups is 2. The van der Waals surface area contributed by atoms with E-state index in [1.165, 1.54) is 0 Å². The molecule has 70 valence electrons. The van der Waals surface area contributed by atoms with Crippen LogP contribution in [0.25, 0.3) is 0 Å². The van der Waals surface area contributed by atoms with Crippen molar-refractivity contribution in [3.8, 4) is 0 Å². The number of hydrogen-bond donors (Lipinski definition) is 2. The summed E-state index contributed by atoms with van der Waals surface area (Å²) in [5.41, 5.74) is 1.08. The molecule has 4 heteroatoms. The number of rotatable bonds is 7. The molecule has 3 N–H and O–H groups in total. The van der Waals surface area contributed by atoms with Crippen molar-refractivity contribution < 1.29 is 9.59 Å². The van der Waals surface area contributed by atoms with Crippen LogP contribution >= 0.6 is 0 Å². The SMILES string of the molecule is CCCCCC(C=O)(C=O)NN. The van der Waals surface area contributed by atoms with E-state index < -0.39 is 5.54 Å². The van der Waals surface area contributed by atoms with Gasteiger partial charge in [0.1, 0.15) is 18.1 Å². The molecule has 0 spiro atoms. The zero-order valence-electron chi connectivity index (χ0n) is 7.38. The van der Waals surface area contributed by atoms with Crippen LogP contribution in [0, 0.1) is 0 Å². The molecule has 12 heavy (non-hydrogen) atoms. The van der Waals surface area contributed by atoms with Crippen molar-refractivity contribution >= 4 is 12.6 Å². The molecule has 4 nitrogen and oxygen atoms in total. The van der Waals surface area contributed by atoms with Gasteiger partial charge in [-0.3, -0.25) is 5.84 Å². The fourth-order valence-corrected chi connectivity index (χ4v) is 0.953. The van der Waals surface area contributed by atoms with Crippen molar-refractivity contribution in [2.24, 2.45) is 5.84 Å². The molecule has 0 heterocycles. The highest BCUT2D eigenvalue weighted by molar-refractivity contribution is 5.88. The first-order valence-corrected chi connectivity index (χ1v) is 4.15. The highest BCUT2D eigenvalue weighted by atomic mass is 16.1. The Labute approximate surface area is 72.5 Å². The topological polar surface area (TPSA) is 72.2 Å². The van der Waals surface area contributed by atoms with Gasteiger partial charge in [-0.15, -0.1) is 0 Å². The summed E-state index contributed by atoms with van der Waals surface area (Å²) in [7, 11) is 0. The van der Waals surface area contributed by atoms with Crippen molar-refractivity contribution in [3.05, 3.63) is 0 Å². The van der Waals surface area contributed by atoms with Gasteiger partial charge in [0.05, 0.1) is 0 Å². The first-order valence-electron chi connectivity index (χ1n) is 4.15.